The Balaban J connectivity index is 1.83. The molecule has 2 amide bonds. The fourth-order valence-corrected chi connectivity index (χ4v) is 6.87. The maximum Gasteiger partial charge on any atom is 0.311 e. The number of fused-ring (bicyclic) bond motifs is 1. The maximum absolute atomic E-state index is 13.1. The number of carbonyl (C=O) groups excluding carboxylic acids is 3. The molecular formula is C33H52N2O9. The average Bonchev–Trinajstić information content (AvgIpc) is 3.22. The molecular weight excluding hydrogens is 568 g/mol. The topological polar surface area (TPSA) is 168 Å². The summed E-state index contributed by atoms with van der Waals surface area (Å²) in [5.74, 6) is -3.53. The van der Waals surface area contributed by atoms with Crippen LogP contribution in [0.2, 0.25) is 0 Å². The quantitative estimate of drug-likeness (QED) is 0.180. The summed E-state index contributed by atoms with van der Waals surface area (Å²) in [6.07, 6.45) is -3.67. The highest BCUT2D eigenvalue weighted by atomic mass is 16.6. The molecule has 0 bridgehead atoms. The van der Waals surface area contributed by atoms with Crippen LogP contribution < -0.4 is 0 Å². The molecule has 0 saturated carbocycles. The smallest absolute Gasteiger partial charge is 0.311 e. The molecule has 1 aromatic rings. The molecule has 0 unspecified atom stereocenters. The zero-order valence-corrected chi connectivity index (χ0v) is 27.1. The average molecular weight is 621 g/mol. The molecule has 248 valence electrons. The highest BCUT2D eigenvalue weighted by Gasteiger charge is 2.47. The van der Waals surface area contributed by atoms with E-state index in [1.165, 1.54) is 25.7 Å². The van der Waals surface area contributed by atoms with E-state index in [4.69, 9.17) is 4.74 Å². The van der Waals surface area contributed by atoms with E-state index in [0.29, 0.717) is 37.1 Å². The lowest BCUT2D eigenvalue weighted by Crippen LogP contribution is -2.59. The van der Waals surface area contributed by atoms with E-state index < -0.39 is 59.5 Å². The first-order valence-electron chi connectivity index (χ1n) is 15.8. The maximum atomic E-state index is 13.1. The molecule has 2 aliphatic rings. The Hall–Kier alpha value is -2.41. The zero-order valence-electron chi connectivity index (χ0n) is 27.1. The van der Waals surface area contributed by atoms with Crippen molar-refractivity contribution in [3.05, 3.63) is 35.4 Å². The van der Waals surface area contributed by atoms with E-state index in [-0.39, 0.29) is 37.1 Å². The van der Waals surface area contributed by atoms with Gasteiger partial charge in [0.2, 0.25) is 0 Å². The number of carbonyl (C=O) groups is 3. The Morgan fingerprint density at radius 1 is 0.886 bits per heavy atom. The van der Waals surface area contributed by atoms with Gasteiger partial charge in [-0.3, -0.25) is 24.2 Å². The Kier molecular flexibility index (Phi) is 11.8. The van der Waals surface area contributed by atoms with Crippen LogP contribution in [0, 0.1) is 17.8 Å². The van der Waals surface area contributed by atoms with Gasteiger partial charge in [0, 0.05) is 25.0 Å². The van der Waals surface area contributed by atoms with Gasteiger partial charge >= 0.3 is 5.97 Å². The molecule has 11 heteroatoms. The largest absolute Gasteiger partial charge is 0.459 e. The minimum atomic E-state index is -1.84. The van der Waals surface area contributed by atoms with E-state index in [2.05, 4.69) is 0 Å². The van der Waals surface area contributed by atoms with Gasteiger partial charge in [-0.1, -0.05) is 32.9 Å². The molecule has 2 aliphatic heterocycles. The SMILES string of the molecule is CC[C@H]1OC(=O)[C@H](C)[C@@H](O)[C@H](C)[C@@H](O)[C@](C)(O)C[C@@H](C)CN(CCCCN2C(=O)c3ccccc3C2=O)[C@H](C)[C@@H](O)[C@]1(C)O. The summed E-state index contributed by atoms with van der Waals surface area (Å²) in [5, 5.41) is 56.3. The number of aliphatic hydroxyl groups is 5. The van der Waals surface area contributed by atoms with Crippen LogP contribution in [-0.4, -0.2) is 114 Å². The number of hydrogen-bond acceptors (Lipinski definition) is 10. The van der Waals surface area contributed by atoms with Gasteiger partial charge in [-0.25, -0.2) is 0 Å². The van der Waals surface area contributed by atoms with Crippen molar-refractivity contribution >= 4 is 17.8 Å². The summed E-state index contributed by atoms with van der Waals surface area (Å²) in [4.78, 5) is 41.8. The van der Waals surface area contributed by atoms with Crippen molar-refractivity contribution in [3.63, 3.8) is 0 Å². The Morgan fingerprint density at radius 3 is 1.98 bits per heavy atom. The number of rotatable bonds is 6. The molecule has 0 radical (unpaired) electrons. The Morgan fingerprint density at radius 2 is 1.43 bits per heavy atom. The normalized spacial score (nSPS) is 38.2. The number of cyclic esters (lactones) is 1. The molecule has 2 heterocycles. The number of unbranched alkanes of at least 4 members (excludes halogenated alkanes) is 1. The van der Waals surface area contributed by atoms with E-state index in [1.54, 1.807) is 45.0 Å². The molecule has 11 nitrogen and oxygen atoms in total. The third-order valence-corrected chi connectivity index (χ3v) is 9.73. The first-order chi connectivity index (χ1) is 20.4. The lowest BCUT2D eigenvalue weighted by atomic mass is 9.78. The third-order valence-electron chi connectivity index (χ3n) is 9.73. The fraction of sp³-hybridized carbons (Fsp3) is 0.727. The Bertz CT molecular complexity index is 1140. The molecule has 1 fully saturated rings. The van der Waals surface area contributed by atoms with Gasteiger partial charge in [-0.2, -0.15) is 0 Å². The highest BCUT2D eigenvalue weighted by Crippen LogP contribution is 2.33. The van der Waals surface area contributed by atoms with Gasteiger partial charge < -0.3 is 30.3 Å². The van der Waals surface area contributed by atoms with Gasteiger partial charge in [0.15, 0.2) is 0 Å². The third kappa shape index (κ3) is 7.51. The lowest BCUT2D eigenvalue weighted by Gasteiger charge is -2.43. The molecule has 1 saturated heterocycles. The minimum Gasteiger partial charge on any atom is -0.459 e. The standard InChI is InChI=1S/C33H52N2O9/c1-8-25-33(7,43)28(38)22(5)34(15-11-12-16-35-29(39)23-13-9-10-14-24(23)30(35)40)18-19(2)17-32(6,42)27(37)20(3)26(36)21(4)31(41)44-25/h9-10,13-14,19-22,25-28,36-38,42-43H,8,11-12,15-18H2,1-7H3/t19-,20+,21-,22-,25-,26+,27-,28-,32-,33-/m1/s1. The van der Waals surface area contributed by atoms with Gasteiger partial charge in [0.05, 0.1) is 34.9 Å². The summed E-state index contributed by atoms with van der Waals surface area (Å²) < 4.78 is 5.65. The van der Waals surface area contributed by atoms with Crippen molar-refractivity contribution in [1.82, 2.24) is 9.80 Å². The molecule has 1 aromatic carbocycles. The molecule has 5 N–H and O–H groups in total. The van der Waals surface area contributed by atoms with Gasteiger partial charge in [-0.15, -0.1) is 0 Å². The van der Waals surface area contributed by atoms with Crippen molar-refractivity contribution in [2.75, 3.05) is 19.6 Å². The van der Waals surface area contributed by atoms with Crippen molar-refractivity contribution in [2.45, 2.75) is 116 Å². The van der Waals surface area contributed by atoms with Crippen LogP contribution in [0.15, 0.2) is 24.3 Å². The van der Waals surface area contributed by atoms with E-state index in [0.717, 1.165) is 0 Å². The summed E-state index contributed by atoms with van der Waals surface area (Å²) in [6.45, 7) is 12.4. The summed E-state index contributed by atoms with van der Waals surface area (Å²) in [6, 6.07) is 6.11. The van der Waals surface area contributed by atoms with E-state index in [1.807, 2.05) is 11.8 Å². The first kappa shape index (κ1) is 36.1. The van der Waals surface area contributed by atoms with Crippen LogP contribution >= 0.6 is 0 Å². The zero-order chi connectivity index (χ0) is 33.1. The fourth-order valence-electron chi connectivity index (χ4n) is 6.87. The van der Waals surface area contributed by atoms with Crippen LogP contribution in [-0.2, 0) is 9.53 Å². The van der Waals surface area contributed by atoms with Gasteiger partial charge in [-0.05, 0) is 78.0 Å². The molecule has 10 atom stereocenters. The molecule has 0 aliphatic carbocycles. The van der Waals surface area contributed by atoms with Crippen LogP contribution in [0.4, 0.5) is 0 Å². The number of aliphatic hydroxyl groups excluding tert-OH is 3. The van der Waals surface area contributed by atoms with Crippen molar-refractivity contribution in [3.8, 4) is 0 Å². The number of ether oxygens (including phenoxy) is 1. The molecule has 44 heavy (non-hydrogen) atoms. The molecule has 3 rings (SSSR count). The highest BCUT2D eigenvalue weighted by molar-refractivity contribution is 6.21. The number of hydrogen-bond donors (Lipinski definition) is 5. The second-order valence-electron chi connectivity index (χ2n) is 13.5. The minimum absolute atomic E-state index is 0.159. The number of benzene rings is 1. The monoisotopic (exact) mass is 620 g/mol. The molecule has 0 spiro atoms. The number of nitrogens with zero attached hydrogens (tertiary/aromatic N) is 2. The molecule has 0 aromatic heterocycles. The predicted molar refractivity (Wildman–Crippen MR) is 164 cm³/mol. The van der Waals surface area contributed by atoms with Gasteiger partial charge in [0.25, 0.3) is 11.8 Å². The summed E-state index contributed by atoms with van der Waals surface area (Å²) in [7, 11) is 0. The van der Waals surface area contributed by atoms with Crippen LogP contribution in [0.1, 0.15) is 94.9 Å². The predicted octanol–water partition coefficient (Wildman–Crippen LogP) is 1.97. The van der Waals surface area contributed by atoms with E-state index >= 15 is 0 Å². The number of esters is 1. The van der Waals surface area contributed by atoms with Gasteiger partial charge in [0.1, 0.15) is 17.8 Å². The second-order valence-corrected chi connectivity index (χ2v) is 13.5. The van der Waals surface area contributed by atoms with Crippen molar-refractivity contribution in [1.29, 1.82) is 0 Å². The second kappa shape index (κ2) is 14.3. The van der Waals surface area contributed by atoms with Crippen LogP contribution in [0.5, 0.6) is 0 Å². The Labute approximate surface area is 260 Å². The first-order valence-corrected chi connectivity index (χ1v) is 15.8. The van der Waals surface area contributed by atoms with Crippen molar-refractivity contribution in [2.24, 2.45) is 17.8 Å². The number of imide groups is 1. The van der Waals surface area contributed by atoms with Crippen LogP contribution in [0.25, 0.3) is 0 Å². The van der Waals surface area contributed by atoms with Crippen LogP contribution in [0.3, 0.4) is 0 Å². The van der Waals surface area contributed by atoms with Crippen molar-refractivity contribution < 1.29 is 44.7 Å². The lowest BCUT2D eigenvalue weighted by molar-refractivity contribution is -0.193. The van der Waals surface area contributed by atoms with E-state index in [9.17, 15) is 39.9 Å². The summed E-state index contributed by atoms with van der Waals surface area (Å²) in [5.41, 5.74) is -2.65. The summed E-state index contributed by atoms with van der Waals surface area (Å²) >= 11 is 0. The number of amides is 2.